The first kappa shape index (κ1) is 22.4. The molecule has 0 aliphatic carbocycles. The summed E-state index contributed by atoms with van der Waals surface area (Å²) >= 11 is 7.26. The molecule has 1 aliphatic rings. The van der Waals surface area contributed by atoms with Crippen molar-refractivity contribution in [1.82, 2.24) is 19.5 Å². The molecule has 0 saturated carbocycles. The smallest absolute Gasteiger partial charge is 0.277 e. The SMILES string of the molecule is Cc1cccc(-c2nn3c(=O)cc(N4CCN(C(=O)COc5ccc(Cl)cc5)CC4)nc3s2)c1. The quantitative estimate of drug-likeness (QED) is 0.421. The van der Waals surface area contributed by atoms with Gasteiger partial charge < -0.3 is 14.5 Å². The largest absolute Gasteiger partial charge is 0.484 e. The van der Waals surface area contributed by atoms with Crippen LogP contribution in [0.2, 0.25) is 5.02 Å². The fourth-order valence-corrected chi connectivity index (χ4v) is 4.83. The summed E-state index contributed by atoms with van der Waals surface area (Å²) in [5, 5.41) is 5.83. The van der Waals surface area contributed by atoms with E-state index in [2.05, 4.69) is 10.1 Å². The highest BCUT2D eigenvalue weighted by atomic mass is 35.5. The third-order valence-electron chi connectivity index (χ3n) is 5.63. The maximum atomic E-state index is 12.7. The van der Waals surface area contributed by atoms with E-state index in [1.54, 1.807) is 29.2 Å². The second-order valence-electron chi connectivity index (χ2n) is 8.03. The van der Waals surface area contributed by atoms with Crippen molar-refractivity contribution in [2.75, 3.05) is 37.7 Å². The molecule has 5 rings (SSSR count). The number of aromatic nitrogens is 3. The fourth-order valence-electron chi connectivity index (χ4n) is 3.81. The molecule has 8 nitrogen and oxygen atoms in total. The number of carbonyl (C=O) groups is 1. The monoisotopic (exact) mass is 495 g/mol. The van der Waals surface area contributed by atoms with Gasteiger partial charge in [-0.15, -0.1) is 0 Å². The summed E-state index contributed by atoms with van der Waals surface area (Å²) < 4.78 is 6.92. The summed E-state index contributed by atoms with van der Waals surface area (Å²) in [7, 11) is 0. The van der Waals surface area contributed by atoms with Gasteiger partial charge in [-0.1, -0.05) is 46.7 Å². The Morgan fingerprint density at radius 2 is 1.85 bits per heavy atom. The molecule has 1 saturated heterocycles. The Morgan fingerprint density at radius 3 is 2.59 bits per heavy atom. The molecule has 1 amide bonds. The van der Waals surface area contributed by atoms with Crippen LogP contribution in [0.5, 0.6) is 5.75 Å². The van der Waals surface area contributed by atoms with Crippen LogP contribution in [0.4, 0.5) is 5.82 Å². The van der Waals surface area contributed by atoms with E-state index in [9.17, 15) is 9.59 Å². The Hall–Kier alpha value is -3.43. The Bertz CT molecular complexity index is 1390. The minimum atomic E-state index is -0.218. The van der Waals surface area contributed by atoms with E-state index in [1.807, 2.05) is 36.1 Å². The van der Waals surface area contributed by atoms with Crippen LogP contribution in [0.25, 0.3) is 15.5 Å². The first-order valence-corrected chi connectivity index (χ1v) is 12.0. The number of carbonyl (C=O) groups excluding carboxylic acids is 1. The minimum Gasteiger partial charge on any atom is -0.484 e. The van der Waals surface area contributed by atoms with Gasteiger partial charge in [0.1, 0.15) is 16.6 Å². The molecular formula is C24H22ClN5O3S. The van der Waals surface area contributed by atoms with E-state index < -0.39 is 0 Å². The number of aryl methyl sites for hydroxylation is 1. The van der Waals surface area contributed by atoms with Gasteiger partial charge in [0.05, 0.1) is 0 Å². The van der Waals surface area contributed by atoms with Gasteiger partial charge in [-0.2, -0.15) is 9.61 Å². The molecule has 0 unspecified atom stereocenters. The van der Waals surface area contributed by atoms with E-state index in [0.29, 0.717) is 47.7 Å². The number of amides is 1. The van der Waals surface area contributed by atoms with Crippen LogP contribution >= 0.6 is 22.9 Å². The molecule has 174 valence electrons. The Morgan fingerprint density at radius 1 is 1.09 bits per heavy atom. The zero-order valence-corrected chi connectivity index (χ0v) is 20.1. The molecular weight excluding hydrogens is 474 g/mol. The Balaban J connectivity index is 1.25. The van der Waals surface area contributed by atoms with Crippen molar-refractivity contribution in [3.8, 4) is 16.3 Å². The van der Waals surface area contributed by atoms with Crippen molar-refractivity contribution in [3.63, 3.8) is 0 Å². The maximum absolute atomic E-state index is 12.7. The highest BCUT2D eigenvalue weighted by molar-refractivity contribution is 7.19. The normalized spacial score (nSPS) is 13.9. The first-order chi connectivity index (χ1) is 16.5. The van der Waals surface area contributed by atoms with Crippen LogP contribution in [0.3, 0.4) is 0 Å². The third-order valence-corrected chi connectivity index (χ3v) is 6.84. The number of hydrogen-bond acceptors (Lipinski definition) is 7. The number of fused-ring (bicyclic) bond motifs is 1. The highest BCUT2D eigenvalue weighted by Gasteiger charge is 2.23. The summed E-state index contributed by atoms with van der Waals surface area (Å²) in [6, 6.07) is 16.4. The lowest BCUT2D eigenvalue weighted by Gasteiger charge is -2.35. The summed E-state index contributed by atoms with van der Waals surface area (Å²) in [6.07, 6.45) is 0. The predicted molar refractivity (Wildman–Crippen MR) is 133 cm³/mol. The lowest BCUT2D eigenvalue weighted by molar-refractivity contribution is -0.133. The number of hydrogen-bond donors (Lipinski definition) is 0. The van der Waals surface area contributed by atoms with Crippen molar-refractivity contribution in [2.24, 2.45) is 0 Å². The first-order valence-electron chi connectivity index (χ1n) is 10.9. The Labute approximate surface area is 205 Å². The molecule has 0 N–H and O–H groups in total. The lowest BCUT2D eigenvalue weighted by atomic mass is 10.1. The second kappa shape index (κ2) is 9.44. The molecule has 0 bridgehead atoms. The summed E-state index contributed by atoms with van der Waals surface area (Å²) in [4.78, 5) is 34.3. The van der Waals surface area contributed by atoms with Gasteiger partial charge in [-0.3, -0.25) is 9.59 Å². The van der Waals surface area contributed by atoms with Crippen LogP contribution in [0.1, 0.15) is 5.56 Å². The number of piperazine rings is 1. The van der Waals surface area contributed by atoms with E-state index in [1.165, 1.54) is 21.9 Å². The summed E-state index contributed by atoms with van der Waals surface area (Å²) in [5.74, 6) is 1.13. The summed E-state index contributed by atoms with van der Waals surface area (Å²) in [5.41, 5.74) is 1.87. The lowest BCUT2D eigenvalue weighted by Crippen LogP contribution is -2.50. The van der Waals surface area contributed by atoms with Crippen LogP contribution in [0.15, 0.2) is 59.4 Å². The fraction of sp³-hybridized carbons (Fsp3) is 0.250. The predicted octanol–water partition coefficient (Wildman–Crippen LogP) is 3.51. The van der Waals surface area contributed by atoms with E-state index in [-0.39, 0.29) is 18.1 Å². The van der Waals surface area contributed by atoms with E-state index >= 15 is 0 Å². The summed E-state index contributed by atoms with van der Waals surface area (Å²) in [6.45, 7) is 4.21. The average Bonchev–Trinajstić information content (AvgIpc) is 3.29. The van der Waals surface area contributed by atoms with Crippen LogP contribution in [-0.2, 0) is 4.79 Å². The number of ether oxygens (including phenoxy) is 1. The zero-order valence-electron chi connectivity index (χ0n) is 18.5. The minimum absolute atomic E-state index is 0.0320. The van der Waals surface area contributed by atoms with Crippen molar-refractivity contribution in [2.45, 2.75) is 6.92 Å². The molecule has 2 aromatic carbocycles. The van der Waals surface area contributed by atoms with Crippen LogP contribution in [-0.4, -0.2) is 58.2 Å². The number of benzene rings is 2. The third kappa shape index (κ3) is 4.76. The maximum Gasteiger partial charge on any atom is 0.277 e. The van der Waals surface area contributed by atoms with Gasteiger partial charge >= 0.3 is 0 Å². The van der Waals surface area contributed by atoms with Gasteiger partial charge in [-0.05, 0) is 37.3 Å². The topological polar surface area (TPSA) is 80.0 Å². The van der Waals surface area contributed by atoms with Gasteiger partial charge in [0.15, 0.2) is 6.61 Å². The molecule has 0 spiro atoms. The van der Waals surface area contributed by atoms with E-state index in [0.717, 1.165) is 16.1 Å². The molecule has 34 heavy (non-hydrogen) atoms. The molecule has 3 heterocycles. The number of halogens is 1. The molecule has 0 radical (unpaired) electrons. The van der Waals surface area contributed by atoms with Gasteiger partial charge in [0.2, 0.25) is 4.96 Å². The van der Waals surface area contributed by atoms with Crippen LogP contribution < -0.4 is 15.2 Å². The standard InChI is InChI=1S/C24H22ClN5O3S/c1-16-3-2-4-17(13-16)23-27-30-21(31)14-20(26-24(30)34-23)28-9-11-29(12-10-28)22(32)15-33-19-7-5-18(25)6-8-19/h2-8,13-14H,9-12,15H2,1H3. The second-order valence-corrected chi connectivity index (χ2v) is 9.43. The van der Waals surface area contributed by atoms with Gasteiger partial charge in [0, 0.05) is 42.8 Å². The zero-order chi connectivity index (χ0) is 23.7. The number of nitrogens with zero attached hydrogens (tertiary/aromatic N) is 5. The Kier molecular flexibility index (Phi) is 6.21. The highest BCUT2D eigenvalue weighted by Crippen LogP contribution is 2.26. The van der Waals surface area contributed by atoms with Crippen molar-refractivity contribution < 1.29 is 9.53 Å². The van der Waals surface area contributed by atoms with Crippen LogP contribution in [0, 0.1) is 6.92 Å². The molecule has 4 aromatic rings. The molecule has 2 aromatic heterocycles. The number of anilines is 1. The average molecular weight is 496 g/mol. The molecule has 10 heteroatoms. The van der Waals surface area contributed by atoms with E-state index in [4.69, 9.17) is 16.3 Å². The molecule has 1 fully saturated rings. The van der Waals surface area contributed by atoms with Gasteiger partial charge in [0.25, 0.3) is 11.5 Å². The molecule has 1 aliphatic heterocycles. The van der Waals surface area contributed by atoms with Crippen molar-refractivity contribution in [1.29, 1.82) is 0 Å². The molecule has 0 atom stereocenters. The van der Waals surface area contributed by atoms with Crippen molar-refractivity contribution in [3.05, 3.63) is 75.5 Å². The number of rotatable bonds is 5. The van der Waals surface area contributed by atoms with Crippen molar-refractivity contribution >= 4 is 39.6 Å². The van der Waals surface area contributed by atoms with Gasteiger partial charge in [-0.25, -0.2) is 4.98 Å².